The van der Waals surface area contributed by atoms with E-state index < -0.39 is 0 Å². The first-order valence-electron chi connectivity index (χ1n) is 4.33. The van der Waals surface area contributed by atoms with Gasteiger partial charge in [-0.3, -0.25) is 0 Å². The molecular weight excluding hydrogens is 251 g/mol. The highest BCUT2D eigenvalue weighted by Crippen LogP contribution is 2.31. The molecular formula is C10H10BrClO. The number of ether oxygens (including phenoxy) is 1. The maximum absolute atomic E-state index is 5.87. The molecule has 1 aliphatic rings. The molecule has 1 aromatic rings. The summed E-state index contributed by atoms with van der Waals surface area (Å²) in [5.74, 6) is 1.63. The Balaban J connectivity index is 2.01. The van der Waals surface area contributed by atoms with Gasteiger partial charge >= 0.3 is 0 Å². The van der Waals surface area contributed by atoms with Crippen molar-refractivity contribution in [2.45, 2.75) is 12.8 Å². The Morgan fingerprint density at radius 1 is 1.38 bits per heavy atom. The third-order valence-corrected chi connectivity index (χ3v) is 2.69. The van der Waals surface area contributed by atoms with E-state index in [0.29, 0.717) is 5.02 Å². The van der Waals surface area contributed by atoms with Crippen LogP contribution in [0.4, 0.5) is 0 Å². The van der Waals surface area contributed by atoms with Crippen molar-refractivity contribution in [3.8, 4) is 5.75 Å². The fraction of sp³-hybridized carbons (Fsp3) is 0.400. The molecule has 0 spiro atoms. The third kappa shape index (κ3) is 2.89. The van der Waals surface area contributed by atoms with Gasteiger partial charge in [-0.2, -0.15) is 0 Å². The molecule has 1 aromatic carbocycles. The Hall–Kier alpha value is -0.210. The summed E-state index contributed by atoms with van der Waals surface area (Å²) in [5.41, 5.74) is 0. The Kier molecular flexibility index (Phi) is 2.80. The van der Waals surface area contributed by atoms with Crippen molar-refractivity contribution in [3.05, 3.63) is 27.7 Å². The van der Waals surface area contributed by atoms with Crippen molar-refractivity contribution >= 4 is 27.5 Å². The second-order valence-electron chi connectivity index (χ2n) is 3.36. The Labute approximate surface area is 91.2 Å². The summed E-state index contributed by atoms with van der Waals surface area (Å²) in [7, 11) is 0. The minimum Gasteiger partial charge on any atom is -0.493 e. The zero-order valence-corrected chi connectivity index (χ0v) is 9.44. The number of benzene rings is 1. The van der Waals surface area contributed by atoms with Crippen molar-refractivity contribution < 1.29 is 4.74 Å². The molecule has 70 valence electrons. The van der Waals surface area contributed by atoms with Crippen LogP contribution in [0, 0.1) is 5.92 Å². The molecule has 1 aliphatic carbocycles. The van der Waals surface area contributed by atoms with Gasteiger partial charge in [-0.05, 0) is 37.0 Å². The number of rotatable bonds is 3. The van der Waals surface area contributed by atoms with Gasteiger partial charge in [0.2, 0.25) is 0 Å². The molecule has 0 aromatic heterocycles. The number of hydrogen-bond acceptors (Lipinski definition) is 1. The lowest BCUT2D eigenvalue weighted by atomic mass is 10.3. The molecule has 0 unspecified atom stereocenters. The van der Waals surface area contributed by atoms with E-state index in [1.54, 1.807) is 0 Å². The molecule has 0 N–H and O–H groups in total. The predicted molar refractivity (Wildman–Crippen MR) is 57.4 cm³/mol. The zero-order chi connectivity index (χ0) is 9.26. The average Bonchev–Trinajstić information content (AvgIpc) is 2.81. The quantitative estimate of drug-likeness (QED) is 0.802. The van der Waals surface area contributed by atoms with Gasteiger partial charge in [-0.25, -0.2) is 0 Å². The lowest BCUT2D eigenvalue weighted by Gasteiger charge is -2.05. The van der Waals surface area contributed by atoms with E-state index in [0.717, 1.165) is 22.7 Å². The van der Waals surface area contributed by atoms with Crippen LogP contribution in [0.2, 0.25) is 5.02 Å². The normalized spacial score (nSPS) is 15.8. The van der Waals surface area contributed by atoms with E-state index in [9.17, 15) is 0 Å². The monoisotopic (exact) mass is 260 g/mol. The maximum Gasteiger partial charge on any atom is 0.121 e. The fourth-order valence-electron chi connectivity index (χ4n) is 1.11. The summed E-state index contributed by atoms with van der Waals surface area (Å²) in [6.07, 6.45) is 2.61. The molecule has 0 atom stereocenters. The Morgan fingerprint density at radius 3 is 2.77 bits per heavy atom. The van der Waals surface area contributed by atoms with Gasteiger partial charge in [0, 0.05) is 9.50 Å². The van der Waals surface area contributed by atoms with Gasteiger partial charge in [-0.1, -0.05) is 27.5 Å². The van der Waals surface area contributed by atoms with E-state index >= 15 is 0 Å². The van der Waals surface area contributed by atoms with Crippen LogP contribution in [-0.2, 0) is 0 Å². The average molecular weight is 262 g/mol. The predicted octanol–water partition coefficient (Wildman–Crippen LogP) is 3.89. The zero-order valence-electron chi connectivity index (χ0n) is 7.09. The molecule has 2 rings (SSSR count). The van der Waals surface area contributed by atoms with Crippen LogP contribution >= 0.6 is 27.5 Å². The van der Waals surface area contributed by atoms with Crippen LogP contribution < -0.4 is 4.74 Å². The molecule has 0 amide bonds. The molecule has 0 bridgehead atoms. The van der Waals surface area contributed by atoms with E-state index in [1.807, 2.05) is 18.2 Å². The molecule has 13 heavy (non-hydrogen) atoms. The molecule has 3 heteroatoms. The van der Waals surface area contributed by atoms with Gasteiger partial charge in [0.1, 0.15) is 5.75 Å². The highest BCUT2D eigenvalue weighted by molar-refractivity contribution is 9.10. The largest absolute Gasteiger partial charge is 0.493 e. The third-order valence-electron chi connectivity index (χ3n) is 2.02. The Bertz CT molecular complexity index is 290. The topological polar surface area (TPSA) is 9.23 Å². The standard InChI is InChI=1S/C10H10BrClO/c11-8-3-9(12)5-10(4-8)13-6-7-1-2-7/h3-5,7H,1-2,6H2. The van der Waals surface area contributed by atoms with E-state index in [1.165, 1.54) is 12.8 Å². The summed E-state index contributed by atoms with van der Waals surface area (Å²) in [5, 5.41) is 0.708. The lowest BCUT2D eigenvalue weighted by Crippen LogP contribution is -1.98. The fourth-order valence-corrected chi connectivity index (χ4v) is 1.94. The van der Waals surface area contributed by atoms with Gasteiger partial charge in [0.05, 0.1) is 6.61 Å². The van der Waals surface area contributed by atoms with Crippen LogP contribution in [0.15, 0.2) is 22.7 Å². The van der Waals surface area contributed by atoms with Crippen LogP contribution in [0.3, 0.4) is 0 Å². The van der Waals surface area contributed by atoms with Crippen LogP contribution in [0.5, 0.6) is 5.75 Å². The summed E-state index contributed by atoms with van der Waals surface area (Å²) in [6, 6.07) is 5.63. The minimum atomic E-state index is 0.708. The van der Waals surface area contributed by atoms with E-state index in [2.05, 4.69) is 15.9 Å². The van der Waals surface area contributed by atoms with Crippen molar-refractivity contribution in [1.29, 1.82) is 0 Å². The summed E-state index contributed by atoms with van der Waals surface area (Å²) < 4.78 is 6.54. The van der Waals surface area contributed by atoms with E-state index in [4.69, 9.17) is 16.3 Å². The van der Waals surface area contributed by atoms with Crippen molar-refractivity contribution in [2.75, 3.05) is 6.61 Å². The second kappa shape index (κ2) is 3.89. The van der Waals surface area contributed by atoms with Crippen molar-refractivity contribution in [1.82, 2.24) is 0 Å². The first-order chi connectivity index (χ1) is 6.24. The Morgan fingerprint density at radius 2 is 2.15 bits per heavy atom. The first kappa shape index (κ1) is 9.35. The van der Waals surface area contributed by atoms with Crippen LogP contribution in [-0.4, -0.2) is 6.61 Å². The summed E-state index contributed by atoms with van der Waals surface area (Å²) >= 11 is 9.24. The highest BCUT2D eigenvalue weighted by atomic mass is 79.9. The van der Waals surface area contributed by atoms with Crippen LogP contribution in [0.25, 0.3) is 0 Å². The maximum atomic E-state index is 5.87. The second-order valence-corrected chi connectivity index (χ2v) is 4.71. The number of halogens is 2. The number of hydrogen-bond donors (Lipinski definition) is 0. The van der Waals surface area contributed by atoms with Gasteiger partial charge in [-0.15, -0.1) is 0 Å². The molecule has 0 aliphatic heterocycles. The molecule has 0 heterocycles. The first-order valence-corrected chi connectivity index (χ1v) is 5.50. The summed E-state index contributed by atoms with van der Waals surface area (Å²) in [4.78, 5) is 0. The van der Waals surface area contributed by atoms with Gasteiger partial charge in [0.15, 0.2) is 0 Å². The molecule has 0 saturated heterocycles. The minimum absolute atomic E-state index is 0.708. The van der Waals surface area contributed by atoms with Gasteiger partial charge in [0.25, 0.3) is 0 Å². The SMILES string of the molecule is Clc1cc(Br)cc(OCC2CC2)c1. The van der Waals surface area contributed by atoms with Crippen molar-refractivity contribution in [3.63, 3.8) is 0 Å². The summed E-state index contributed by atoms with van der Waals surface area (Å²) in [6.45, 7) is 0.826. The molecule has 1 fully saturated rings. The van der Waals surface area contributed by atoms with E-state index in [-0.39, 0.29) is 0 Å². The van der Waals surface area contributed by atoms with Gasteiger partial charge < -0.3 is 4.74 Å². The highest BCUT2D eigenvalue weighted by Gasteiger charge is 2.21. The smallest absolute Gasteiger partial charge is 0.121 e. The molecule has 1 saturated carbocycles. The van der Waals surface area contributed by atoms with Crippen molar-refractivity contribution in [2.24, 2.45) is 5.92 Å². The molecule has 0 radical (unpaired) electrons. The molecule has 1 nitrogen and oxygen atoms in total. The lowest BCUT2D eigenvalue weighted by molar-refractivity contribution is 0.299. The van der Waals surface area contributed by atoms with Crippen LogP contribution in [0.1, 0.15) is 12.8 Å².